The zero-order valence-electron chi connectivity index (χ0n) is 13.1. The summed E-state index contributed by atoms with van der Waals surface area (Å²) in [6.07, 6.45) is 0.328. The lowest BCUT2D eigenvalue weighted by Crippen LogP contribution is -2.24. The third-order valence-corrected chi connectivity index (χ3v) is 3.45. The fourth-order valence-electron chi connectivity index (χ4n) is 1.77. The molecule has 114 valence electrons. The lowest BCUT2D eigenvalue weighted by molar-refractivity contribution is -0.0126. The Morgan fingerprint density at radius 3 is 2.50 bits per heavy atom. The van der Waals surface area contributed by atoms with Crippen molar-refractivity contribution < 1.29 is 19.3 Å². The van der Waals surface area contributed by atoms with Crippen molar-refractivity contribution in [1.82, 2.24) is 0 Å². The van der Waals surface area contributed by atoms with Crippen molar-refractivity contribution >= 4 is 0 Å². The van der Waals surface area contributed by atoms with E-state index >= 15 is 0 Å². The van der Waals surface area contributed by atoms with E-state index in [2.05, 4.69) is 0 Å². The number of hydrogen-bond acceptors (Lipinski definition) is 4. The minimum atomic E-state index is -0.493. The van der Waals surface area contributed by atoms with Crippen molar-refractivity contribution in [3.63, 3.8) is 0 Å². The topological polar surface area (TPSA) is 47.9 Å². The summed E-state index contributed by atoms with van der Waals surface area (Å²) >= 11 is 0. The predicted molar refractivity (Wildman–Crippen MR) is 79.0 cm³/mol. The molecule has 0 aliphatic carbocycles. The standard InChI is InChI=1S/C16H26O4/c1-12(17)13-6-7-15(18-4)14(10-13)11-20-9-8-16(2,3)19-5/h6-7,10,12,17H,8-9,11H2,1-5H3. The molecule has 20 heavy (non-hydrogen) atoms. The van der Waals surface area contributed by atoms with E-state index in [0.717, 1.165) is 23.3 Å². The maximum atomic E-state index is 9.62. The van der Waals surface area contributed by atoms with Gasteiger partial charge in [-0.3, -0.25) is 0 Å². The van der Waals surface area contributed by atoms with Gasteiger partial charge in [0.05, 0.1) is 25.4 Å². The normalized spacial score (nSPS) is 13.3. The first kappa shape index (κ1) is 17.0. The summed E-state index contributed by atoms with van der Waals surface area (Å²) in [5.74, 6) is 0.778. The van der Waals surface area contributed by atoms with Crippen LogP contribution in [0.1, 0.15) is 44.4 Å². The lowest BCUT2D eigenvalue weighted by Gasteiger charge is -2.22. The molecule has 0 bridgehead atoms. The molecule has 0 radical (unpaired) electrons. The molecule has 1 aromatic carbocycles. The van der Waals surface area contributed by atoms with Crippen molar-refractivity contribution in [2.75, 3.05) is 20.8 Å². The molecule has 1 atom stereocenters. The SMILES string of the molecule is COc1ccc(C(C)O)cc1COCCC(C)(C)OC. The van der Waals surface area contributed by atoms with Gasteiger partial charge in [0.25, 0.3) is 0 Å². The van der Waals surface area contributed by atoms with Crippen molar-refractivity contribution in [1.29, 1.82) is 0 Å². The van der Waals surface area contributed by atoms with Crippen LogP contribution in [0, 0.1) is 0 Å². The molecular formula is C16H26O4. The molecule has 1 unspecified atom stereocenters. The van der Waals surface area contributed by atoms with Crippen molar-refractivity contribution in [3.05, 3.63) is 29.3 Å². The fraction of sp³-hybridized carbons (Fsp3) is 0.625. The smallest absolute Gasteiger partial charge is 0.124 e. The quantitative estimate of drug-likeness (QED) is 0.744. The van der Waals surface area contributed by atoms with Gasteiger partial charge in [-0.25, -0.2) is 0 Å². The van der Waals surface area contributed by atoms with Gasteiger partial charge in [0.1, 0.15) is 5.75 Å². The Morgan fingerprint density at radius 2 is 1.95 bits per heavy atom. The van der Waals surface area contributed by atoms with Crippen LogP contribution in [0.4, 0.5) is 0 Å². The Morgan fingerprint density at radius 1 is 1.25 bits per heavy atom. The maximum absolute atomic E-state index is 9.62. The van der Waals surface area contributed by atoms with E-state index in [4.69, 9.17) is 14.2 Å². The van der Waals surface area contributed by atoms with E-state index in [9.17, 15) is 5.11 Å². The van der Waals surface area contributed by atoms with E-state index in [1.54, 1.807) is 21.1 Å². The highest BCUT2D eigenvalue weighted by molar-refractivity contribution is 5.37. The Balaban J connectivity index is 2.60. The molecule has 0 aliphatic heterocycles. The van der Waals surface area contributed by atoms with Gasteiger partial charge in [-0.05, 0) is 44.9 Å². The summed E-state index contributed by atoms with van der Waals surface area (Å²) < 4.78 is 16.4. The number of hydrogen-bond donors (Lipinski definition) is 1. The largest absolute Gasteiger partial charge is 0.496 e. The number of rotatable bonds is 8. The molecule has 0 amide bonds. The van der Waals surface area contributed by atoms with Crippen LogP contribution in [0.2, 0.25) is 0 Å². The monoisotopic (exact) mass is 282 g/mol. The minimum absolute atomic E-state index is 0.175. The number of methoxy groups -OCH3 is 2. The molecule has 0 fully saturated rings. The first-order chi connectivity index (χ1) is 9.39. The maximum Gasteiger partial charge on any atom is 0.124 e. The molecule has 0 aromatic heterocycles. The summed E-state index contributed by atoms with van der Waals surface area (Å²) in [5, 5.41) is 9.62. The highest BCUT2D eigenvalue weighted by Gasteiger charge is 2.16. The number of ether oxygens (including phenoxy) is 3. The number of benzene rings is 1. The molecule has 1 N–H and O–H groups in total. The van der Waals surface area contributed by atoms with Crippen LogP contribution in [0.25, 0.3) is 0 Å². The van der Waals surface area contributed by atoms with E-state index in [1.807, 2.05) is 32.0 Å². The fourth-order valence-corrected chi connectivity index (χ4v) is 1.77. The van der Waals surface area contributed by atoms with Gasteiger partial charge >= 0.3 is 0 Å². The van der Waals surface area contributed by atoms with Crippen molar-refractivity contribution in [2.24, 2.45) is 0 Å². The lowest BCUT2D eigenvalue weighted by atomic mass is 10.1. The molecule has 4 nitrogen and oxygen atoms in total. The van der Waals surface area contributed by atoms with Crippen molar-refractivity contribution in [3.8, 4) is 5.75 Å². The molecule has 1 rings (SSSR count). The minimum Gasteiger partial charge on any atom is -0.496 e. The summed E-state index contributed by atoms with van der Waals surface area (Å²) in [7, 11) is 3.34. The second kappa shape index (κ2) is 7.62. The Kier molecular flexibility index (Phi) is 6.46. The van der Waals surface area contributed by atoms with E-state index in [1.165, 1.54) is 0 Å². The van der Waals surface area contributed by atoms with Gasteiger partial charge in [-0.15, -0.1) is 0 Å². The van der Waals surface area contributed by atoms with Gasteiger partial charge in [-0.2, -0.15) is 0 Å². The van der Waals surface area contributed by atoms with E-state index < -0.39 is 6.10 Å². The molecular weight excluding hydrogens is 256 g/mol. The van der Waals surface area contributed by atoms with Gasteiger partial charge in [0.15, 0.2) is 0 Å². The Hall–Kier alpha value is -1.10. The van der Waals surface area contributed by atoms with Gasteiger partial charge < -0.3 is 19.3 Å². The van der Waals surface area contributed by atoms with Gasteiger partial charge in [-0.1, -0.05) is 6.07 Å². The highest BCUT2D eigenvalue weighted by Crippen LogP contribution is 2.24. The molecule has 0 saturated heterocycles. The molecule has 0 spiro atoms. The number of aliphatic hydroxyl groups is 1. The second-order valence-corrected chi connectivity index (χ2v) is 5.51. The second-order valence-electron chi connectivity index (χ2n) is 5.51. The van der Waals surface area contributed by atoms with Crippen LogP contribution >= 0.6 is 0 Å². The molecule has 1 aromatic rings. The zero-order valence-corrected chi connectivity index (χ0v) is 13.1. The highest BCUT2D eigenvalue weighted by atomic mass is 16.5. The van der Waals surface area contributed by atoms with Crippen LogP contribution in [-0.2, 0) is 16.1 Å². The van der Waals surface area contributed by atoms with E-state index in [-0.39, 0.29) is 5.60 Å². The summed E-state index contributed by atoms with van der Waals surface area (Å²) in [4.78, 5) is 0. The zero-order chi connectivity index (χ0) is 15.2. The van der Waals surface area contributed by atoms with Crippen LogP contribution in [-0.4, -0.2) is 31.5 Å². The first-order valence-electron chi connectivity index (χ1n) is 6.87. The molecule has 0 saturated carbocycles. The first-order valence-corrected chi connectivity index (χ1v) is 6.87. The van der Waals surface area contributed by atoms with Crippen LogP contribution in [0.5, 0.6) is 5.75 Å². The van der Waals surface area contributed by atoms with Gasteiger partial charge in [0, 0.05) is 19.3 Å². The average Bonchev–Trinajstić information content (AvgIpc) is 2.43. The van der Waals surface area contributed by atoms with Crippen molar-refractivity contribution in [2.45, 2.75) is 45.5 Å². The molecule has 0 aliphatic rings. The van der Waals surface area contributed by atoms with Crippen LogP contribution in [0.3, 0.4) is 0 Å². The molecule has 4 heteroatoms. The van der Waals surface area contributed by atoms with E-state index in [0.29, 0.717) is 13.2 Å². The third kappa shape index (κ3) is 5.12. The van der Waals surface area contributed by atoms with Gasteiger partial charge in [0.2, 0.25) is 0 Å². The molecule has 0 heterocycles. The summed E-state index contributed by atoms with van der Waals surface area (Å²) in [5.41, 5.74) is 1.63. The Bertz CT molecular complexity index is 413. The Labute approximate surface area is 121 Å². The summed E-state index contributed by atoms with van der Waals surface area (Å²) in [6, 6.07) is 5.64. The number of aliphatic hydroxyl groups excluding tert-OH is 1. The average molecular weight is 282 g/mol. The summed E-state index contributed by atoms with van der Waals surface area (Å²) in [6.45, 7) is 6.88. The van der Waals surface area contributed by atoms with Crippen LogP contribution < -0.4 is 4.74 Å². The third-order valence-electron chi connectivity index (χ3n) is 3.45. The van der Waals surface area contributed by atoms with Crippen LogP contribution in [0.15, 0.2) is 18.2 Å². The predicted octanol–water partition coefficient (Wildman–Crippen LogP) is 3.08.